The molecule has 0 amide bonds. The van der Waals surface area contributed by atoms with E-state index in [1.807, 2.05) is 133 Å². The number of nitrogens with two attached hydrogens (primary N) is 1. The van der Waals surface area contributed by atoms with Crippen LogP contribution in [-0.4, -0.2) is 0 Å². The zero-order chi connectivity index (χ0) is 57.3. The Morgan fingerprint density at radius 1 is 0.256 bits per heavy atom. The van der Waals surface area contributed by atoms with E-state index in [1.165, 1.54) is 0 Å². The van der Waals surface area contributed by atoms with E-state index < -0.39 is 0 Å². The van der Waals surface area contributed by atoms with Crippen molar-refractivity contribution in [1.82, 2.24) is 0 Å². The van der Waals surface area contributed by atoms with Crippen molar-refractivity contribution in [1.29, 1.82) is 10.5 Å². The molecule has 2 N–H and O–H groups in total. The lowest BCUT2D eigenvalue weighted by Gasteiger charge is -2.17. The highest BCUT2D eigenvalue weighted by Crippen LogP contribution is 2.50. The number of anilines is 1. The maximum Gasteiger partial charge on any atom is 0.143 e. The lowest BCUT2D eigenvalue weighted by atomic mass is 9.88. The van der Waals surface area contributed by atoms with Gasteiger partial charge in [0.1, 0.15) is 44.7 Å². The second-order valence-corrected chi connectivity index (χ2v) is 22.7. The summed E-state index contributed by atoms with van der Waals surface area (Å²) in [6.45, 7) is 0. The van der Waals surface area contributed by atoms with E-state index in [9.17, 15) is 10.5 Å². The van der Waals surface area contributed by atoms with E-state index in [-0.39, 0.29) is 0 Å². The van der Waals surface area contributed by atoms with E-state index in [2.05, 4.69) is 137 Å². The van der Waals surface area contributed by atoms with Gasteiger partial charge in [0.05, 0.1) is 23.3 Å². The van der Waals surface area contributed by atoms with Gasteiger partial charge in [-0.05, 0) is 144 Å². The van der Waals surface area contributed by atoms with Crippen molar-refractivity contribution in [3.8, 4) is 56.6 Å². The van der Waals surface area contributed by atoms with Crippen molar-refractivity contribution < 1.29 is 17.7 Å². The Balaban J connectivity index is 0.000000134. The lowest BCUT2D eigenvalue weighted by molar-refractivity contribution is 0.672. The maximum atomic E-state index is 10.3. The molecule has 18 rings (SSSR count). The van der Waals surface area contributed by atoms with Crippen LogP contribution < -0.4 is 5.73 Å². The first-order chi connectivity index (χ1) is 42.4. The van der Waals surface area contributed by atoms with Gasteiger partial charge in [-0.15, -0.1) is 0 Å². The van der Waals surface area contributed by atoms with Crippen LogP contribution in [0.5, 0.6) is 0 Å². The van der Waals surface area contributed by atoms with Crippen LogP contribution in [0.2, 0.25) is 0 Å². The van der Waals surface area contributed by atoms with Crippen molar-refractivity contribution in [3.05, 3.63) is 258 Å². The molecule has 400 valence electrons. The molecule has 0 aliphatic rings. The van der Waals surface area contributed by atoms with E-state index in [1.54, 1.807) is 0 Å². The average Bonchev–Trinajstić information content (AvgIpc) is 2.16. The number of nitrogen functional groups attached to an aromatic ring is 1. The number of nitrogens with zero attached hydrogens (tertiary/aromatic N) is 2. The van der Waals surface area contributed by atoms with Gasteiger partial charge in [0.2, 0.25) is 0 Å². The second-order valence-electron chi connectivity index (χ2n) is 21.9. The standard InChI is InChI=1S/C39H20BrNO2.C39H22N2O2/c40-37-31(29-19-33-25-11-5-7-15-35(25)42-38(33)27-13-3-1-9-23(27)29)17-22(21-41)18-32(37)30-20-34-26-12-6-8-16-36(26)43-39(34)28-14-4-2-10-24(28)30;40-21-22-17-31(29-19-33-25-11-5-7-15-35(25)42-38(33)27-13-3-1-9-23(27)29)37(41)32(18-22)30-20-34-26-12-6-8-16-36(26)43-39(34)28-14-4-2-10-24(28)30/h1-20H;1-20H,41H2. The summed E-state index contributed by atoms with van der Waals surface area (Å²) in [6.07, 6.45) is 0. The second kappa shape index (κ2) is 19.1. The van der Waals surface area contributed by atoms with Gasteiger partial charge in [-0.1, -0.05) is 170 Å². The van der Waals surface area contributed by atoms with Crippen molar-refractivity contribution >= 4 is 152 Å². The Bertz CT molecular complexity index is 5320. The number of hydrogen-bond acceptors (Lipinski definition) is 7. The third kappa shape index (κ3) is 7.37. The summed E-state index contributed by atoms with van der Waals surface area (Å²) in [4.78, 5) is 0. The summed E-state index contributed by atoms with van der Waals surface area (Å²) in [5, 5.41) is 37.1. The number of hydrogen-bond donors (Lipinski definition) is 1. The number of para-hydroxylation sites is 4. The van der Waals surface area contributed by atoms with Crippen LogP contribution in [0.15, 0.2) is 265 Å². The minimum atomic E-state index is 0.543. The Hall–Kier alpha value is -11.4. The summed E-state index contributed by atoms with van der Waals surface area (Å²) in [5.74, 6) is 0. The largest absolute Gasteiger partial charge is 0.455 e. The molecule has 4 heterocycles. The molecule has 0 fully saturated rings. The van der Waals surface area contributed by atoms with Crippen molar-refractivity contribution in [2.24, 2.45) is 0 Å². The summed E-state index contributed by atoms with van der Waals surface area (Å²) >= 11 is 4.04. The first-order valence-corrected chi connectivity index (χ1v) is 29.1. The van der Waals surface area contributed by atoms with Crippen LogP contribution in [-0.2, 0) is 0 Å². The lowest BCUT2D eigenvalue weighted by Crippen LogP contribution is -1.97. The van der Waals surface area contributed by atoms with Gasteiger partial charge in [-0.25, -0.2) is 0 Å². The number of benzene rings is 14. The molecule has 7 nitrogen and oxygen atoms in total. The van der Waals surface area contributed by atoms with E-state index >= 15 is 0 Å². The highest BCUT2D eigenvalue weighted by Gasteiger charge is 2.24. The van der Waals surface area contributed by atoms with Crippen molar-refractivity contribution in [3.63, 3.8) is 0 Å². The zero-order valence-corrected chi connectivity index (χ0v) is 47.2. The van der Waals surface area contributed by atoms with Crippen LogP contribution in [0.3, 0.4) is 0 Å². The van der Waals surface area contributed by atoms with Crippen LogP contribution in [0.1, 0.15) is 11.1 Å². The number of halogens is 1. The molecule has 0 spiro atoms. The fraction of sp³-hybridized carbons (Fsp3) is 0. The van der Waals surface area contributed by atoms with Gasteiger partial charge < -0.3 is 23.4 Å². The molecule has 8 heteroatoms. The fourth-order valence-electron chi connectivity index (χ4n) is 13.3. The zero-order valence-electron chi connectivity index (χ0n) is 45.6. The molecule has 0 radical (unpaired) electrons. The molecule has 0 aliphatic heterocycles. The normalized spacial score (nSPS) is 11.8. The molecule has 14 aromatic carbocycles. The molecule has 0 aliphatic carbocycles. The Kier molecular flexibility index (Phi) is 10.9. The van der Waals surface area contributed by atoms with Crippen LogP contribution in [0.4, 0.5) is 5.69 Å². The van der Waals surface area contributed by atoms with Gasteiger partial charge in [0, 0.05) is 85.9 Å². The molecule has 4 aromatic heterocycles. The minimum absolute atomic E-state index is 0.543. The molecule has 0 bridgehead atoms. The smallest absolute Gasteiger partial charge is 0.143 e. The van der Waals surface area contributed by atoms with Crippen LogP contribution in [0, 0.1) is 22.7 Å². The third-order valence-electron chi connectivity index (χ3n) is 17.2. The SMILES string of the molecule is N#Cc1cc(-c2cc3c4ccccc4oc3c3ccccc23)c(Br)c(-c2cc3c4ccccc4oc3c3ccccc23)c1.N#Cc1cc(-c2cc3c4ccccc4oc3c3ccccc23)c(N)c(-c2cc3c4ccccc4oc3c3ccccc23)c1. The molecule has 0 unspecified atom stereocenters. The van der Waals surface area contributed by atoms with Crippen molar-refractivity contribution in [2.75, 3.05) is 5.73 Å². The fourth-order valence-corrected chi connectivity index (χ4v) is 14.0. The number of nitriles is 2. The molecule has 0 atom stereocenters. The first-order valence-electron chi connectivity index (χ1n) is 28.3. The van der Waals surface area contributed by atoms with Gasteiger partial charge in [0.15, 0.2) is 0 Å². The maximum absolute atomic E-state index is 10.3. The molecule has 86 heavy (non-hydrogen) atoms. The predicted octanol–water partition coefficient (Wildman–Crippen LogP) is 22.3. The summed E-state index contributed by atoms with van der Waals surface area (Å²) in [7, 11) is 0. The molecule has 0 saturated heterocycles. The van der Waals surface area contributed by atoms with E-state index in [4.69, 9.17) is 23.4 Å². The third-order valence-corrected chi connectivity index (χ3v) is 18.1. The van der Waals surface area contributed by atoms with Crippen molar-refractivity contribution in [2.45, 2.75) is 0 Å². The Morgan fingerprint density at radius 2 is 0.477 bits per heavy atom. The topological polar surface area (TPSA) is 126 Å². The van der Waals surface area contributed by atoms with Gasteiger partial charge in [0.25, 0.3) is 0 Å². The first kappa shape index (κ1) is 49.2. The van der Waals surface area contributed by atoms with Crippen LogP contribution in [0.25, 0.3) is 175 Å². The number of fused-ring (bicyclic) bond motifs is 20. The molecule has 0 saturated carbocycles. The van der Waals surface area contributed by atoms with Gasteiger partial charge in [-0.3, -0.25) is 0 Å². The van der Waals surface area contributed by atoms with Gasteiger partial charge in [-0.2, -0.15) is 10.5 Å². The molecular formula is C78H42BrN3O4. The average molecular weight is 1170 g/mol. The monoisotopic (exact) mass is 1160 g/mol. The summed E-state index contributed by atoms with van der Waals surface area (Å²) < 4.78 is 26.4. The summed E-state index contributed by atoms with van der Waals surface area (Å²) in [6, 6.07) is 86.9. The highest BCUT2D eigenvalue weighted by atomic mass is 79.9. The minimum Gasteiger partial charge on any atom is -0.455 e. The Labute approximate surface area is 498 Å². The highest BCUT2D eigenvalue weighted by molar-refractivity contribution is 9.10. The number of rotatable bonds is 4. The molecular weight excluding hydrogens is 1120 g/mol. The van der Waals surface area contributed by atoms with Crippen LogP contribution >= 0.6 is 15.9 Å². The van der Waals surface area contributed by atoms with Gasteiger partial charge >= 0.3 is 0 Å². The number of furan rings is 4. The Morgan fingerprint density at radius 3 is 0.744 bits per heavy atom. The summed E-state index contributed by atoms with van der Waals surface area (Å²) in [5.41, 5.74) is 23.3. The quantitative estimate of drug-likeness (QED) is 0.174. The molecule has 18 aromatic rings. The predicted molar refractivity (Wildman–Crippen MR) is 355 cm³/mol. The van der Waals surface area contributed by atoms with E-state index in [0.717, 1.165) is 180 Å². The van der Waals surface area contributed by atoms with E-state index in [0.29, 0.717) is 16.8 Å².